The third kappa shape index (κ3) is 20.7. The van der Waals surface area contributed by atoms with Crippen LogP contribution in [0.4, 0.5) is 0 Å². The van der Waals surface area contributed by atoms with Gasteiger partial charge in [-0.05, 0) is 64.2 Å². The average Bonchev–Trinajstić information content (AvgIpc) is 2.83. The standard InChI is InChI=1S/2C5H5.Fe.H3O3P/c2*1-2-4-5-3-1;;1-4(2)3/h2*1-5H;;4H,(H2,1,2,3). The summed E-state index contributed by atoms with van der Waals surface area (Å²) >= 11 is 0. The first kappa shape index (κ1) is 18.0. The average molecular weight is 268 g/mol. The molecule has 2 fully saturated rings. The van der Waals surface area contributed by atoms with Gasteiger partial charge in [-0.3, -0.25) is 4.57 Å². The molecule has 0 aliphatic heterocycles. The summed E-state index contributed by atoms with van der Waals surface area (Å²) in [7, 11) is -3.13. The van der Waals surface area contributed by atoms with E-state index in [0.717, 1.165) is 0 Å². The summed E-state index contributed by atoms with van der Waals surface area (Å²) in [6.45, 7) is 0. The molecule has 0 aromatic rings. The molecule has 84 valence electrons. The minimum absolute atomic E-state index is 0. The Morgan fingerprint density at radius 1 is 0.600 bits per heavy atom. The molecule has 0 aromatic heterocycles. The van der Waals surface area contributed by atoms with Gasteiger partial charge in [0.1, 0.15) is 0 Å². The van der Waals surface area contributed by atoms with Gasteiger partial charge in [-0.1, -0.05) is 0 Å². The number of hydrogen-bond donors (Lipinski definition) is 2. The predicted octanol–water partition coefficient (Wildman–Crippen LogP) is 1.40. The molecule has 0 saturated heterocycles. The zero-order valence-electron chi connectivity index (χ0n) is 7.93. The van der Waals surface area contributed by atoms with E-state index in [0.29, 0.717) is 0 Å². The van der Waals surface area contributed by atoms with Gasteiger partial charge < -0.3 is 9.79 Å². The minimum Gasteiger partial charge on any atom is -0.326 e. The summed E-state index contributed by atoms with van der Waals surface area (Å²) in [5.41, 5.74) is 0. The van der Waals surface area contributed by atoms with Crippen LogP contribution in [-0.2, 0) is 21.6 Å². The van der Waals surface area contributed by atoms with Crippen molar-refractivity contribution in [2.75, 3.05) is 0 Å². The maximum absolute atomic E-state index is 8.74. The first-order valence-electron chi connectivity index (χ1n) is 3.98. The van der Waals surface area contributed by atoms with Crippen LogP contribution in [0.15, 0.2) is 0 Å². The zero-order chi connectivity index (χ0) is 10.6. The second kappa shape index (κ2) is 14.7. The van der Waals surface area contributed by atoms with Crippen molar-refractivity contribution in [1.29, 1.82) is 0 Å². The van der Waals surface area contributed by atoms with Crippen LogP contribution in [0, 0.1) is 64.2 Å². The predicted molar refractivity (Wildman–Crippen MR) is 56.4 cm³/mol. The number of rotatable bonds is 0. The van der Waals surface area contributed by atoms with Gasteiger partial charge in [-0.25, -0.2) is 0 Å². The van der Waals surface area contributed by atoms with Gasteiger partial charge in [0.25, 0.3) is 0 Å². The van der Waals surface area contributed by atoms with Crippen molar-refractivity contribution in [3.05, 3.63) is 64.2 Å². The van der Waals surface area contributed by atoms with Crippen LogP contribution in [0.2, 0.25) is 0 Å². The Bertz CT molecular complexity index is 107. The van der Waals surface area contributed by atoms with Crippen molar-refractivity contribution in [1.82, 2.24) is 0 Å². The molecule has 2 aliphatic carbocycles. The smallest absolute Gasteiger partial charge is 0.314 e. The fourth-order valence-corrected chi connectivity index (χ4v) is 0.642. The fourth-order valence-electron chi connectivity index (χ4n) is 0.642. The monoisotopic (exact) mass is 268 g/mol. The summed E-state index contributed by atoms with van der Waals surface area (Å²) in [6, 6.07) is 0. The van der Waals surface area contributed by atoms with E-state index in [4.69, 9.17) is 14.4 Å². The second-order valence-electron chi connectivity index (χ2n) is 2.21. The normalized spacial score (nSPS) is 18.3. The molecule has 10 radical (unpaired) electrons. The molecule has 2 saturated carbocycles. The molecule has 0 amide bonds. The van der Waals surface area contributed by atoms with Gasteiger partial charge in [0, 0.05) is 17.1 Å². The van der Waals surface area contributed by atoms with E-state index in [1.165, 1.54) is 0 Å². The first-order chi connectivity index (χ1) is 6.73. The molecule has 2 aliphatic rings. The summed E-state index contributed by atoms with van der Waals surface area (Å²) in [4.78, 5) is 14.3. The summed E-state index contributed by atoms with van der Waals surface area (Å²) < 4.78 is 8.74. The van der Waals surface area contributed by atoms with E-state index >= 15 is 0 Å². The van der Waals surface area contributed by atoms with Crippen molar-refractivity contribution in [2.24, 2.45) is 0 Å². The molecular weight excluding hydrogens is 255 g/mol. The Morgan fingerprint density at radius 3 is 0.733 bits per heavy atom. The van der Waals surface area contributed by atoms with E-state index < -0.39 is 8.25 Å². The summed E-state index contributed by atoms with van der Waals surface area (Å²) in [5, 5.41) is 0. The largest absolute Gasteiger partial charge is 0.326 e. The molecule has 0 unspecified atom stereocenters. The third-order valence-electron chi connectivity index (χ3n) is 1.11. The van der Waals surface area contributed by atoms with Crippen LogP contribution in [-0.4, -0.2) is 9.79 Å². The molecular formula is C10H13FeO3P. The van der Waals surface area contributed by atoms with Crippen LogP contribution in [0.3, 0.4) is 0 Å². The molecule has 0 heterocycles. The fraction of sp³-hybridized carbons (Fsp3) is 0. The Balaban J connectivity index is 0. The van der Waals surface area contributed by atoms with Crippen molar-refractivity contribution in [2.45, 2.75) is 0 Å². The van der Waals surface area contributed by atoms with Gasteiger partial charge >= 0.3 is 8.25 Å². The minimum atomic E-state index is -3.13. The second-order valence-corrected chi connectivity index (χ2v) is 2.77. The zero-order valence-corrected chi connectivity index (χ0v) is 10.0. The van der Waals surface area contributed by atoms with E-state index in [-0.39, 0.29) is 17.1 Å². The van der Waals surface area contributed by atoms with E-state index in [9.17, 15) is 0 Å². The van der Waals surface area contributed by atoms with Crippen LogP contribution < -0.4 is 0 Å². The van der Waals surface area contributed by atoms with Crippen molar-refractivity contribution in [3.8, 4) is 0 Å². The van der Waals surface area contributed by atoms with Crippen molar-refractivity contribution >= 4 is 8.25 Å². The van der Waals surface area contributed by atoms with Crippen LogP contribution in [0.25, 0.3) is 0 Å². The molecule has 0 aromatic carbocycles. The van der Waals surface area contributed by atoms with Gasteiger partial charge in [-0.15, -0.1) is 0 Å². The molecule has 2 N–H and O–H groups in total. The van der Waals surface area contributed by atoms with Gasteiger partial charge in [-0.2, -0.15) is 0 Å². The molecule has 0 atom stereocenters. The van der Waals surface area contributed by atoms with Crippen molar-refractivity contribution in [3.63, 3.8) is 0 Å². The Kier molecular flexibility index (Phi) is 17.6. The van der Waals surface area contributed by atoms with Gasteiger partial charge in [0.05, 0.1) is 0 Å². The number of hydrogen-bond acceptors (Lipinski definition) is 1. The van der Waals surface area contributed by atoms with Gasteiger partial charge in [0.2, 0.25) is 0 Å². The molecule has 3 nitrogen and oxygen atoms in total. The van der Waals surface area contributed by atoms with Crippen LogP contribution in [0.5, 0.6) is 0 Å². The molecule has 15 heavy (non-hydrogen) atoms. The Morgan fingerprint density at radius 2 is 0.667 bits per heavy atom. The first-order valence-corrected chi connectivity index (χ1v) is 5.29. The van der Waals surface area contributed by atoms with Crippen molar-refractivity contribution < 1.29 is 31.4 Å². The van der Waals surface area contributed by atoms with E-state index in [1.54, 1.807) is 0 Å². The third-order valence-corrected chi connectivity index (χ3v) is 1.11. The summed E-state index contributed by atoms with van der Waals surface area (Å²) in [5.74, 6) is 0. The van der Waals surface area contributed by atoms with Crippen LogP contribution >= 0.6 is 8.25 Å². The maximum Gasteiger partial charge on any atom is 0.314 e. The van der Waals surface area contributed by atoms with E-state index in [1.807, 2.05) is 64.2 Å². The van der Waals surface area contributed by atoms with E-state index in [2.05, 4.69) is 0 Å². The van der Waals surface area contributed by atoms with Gasteiger partial charge in [0.15, 0.2) is 0 Å². The van der Waals surface area contributed by atoms with Crippen LogP contribution in [0.1, 0.15) is 0 Å². The Hall–Kier alpha value is 0.669. The quantitative estimate of drug-likeness (QED) is 0.515. The molecule has 0 bridgehead atoms. The molecule has 0 spiro atoms. The summed E-state index contributed by atoms with van der Waals surface area (Å²) in [6.07, 6.45) is 20.0. The Labute approximate surface area is 104 Å². The SMILES string of the molecule is O=[PH](O)O.[CH]1[CH][CH][CH][CH]1.[CH]1[CH][CH][CH][CH]1.[Fe]. The molecule has 2 rings (SSSR count). The maximum atomic E-state index is 8.74. The molecule has 5 heteroatoms. The topological polar surface area (TPSA) is 57.5 Å².